The Hall–Kier alpha value is -1.58. The number of halogens is 1. The predicted molar refractivity (Wildman–Crippen MR) is 89.2 cm³/mol. The molecule has 1 aromatic carbocycles. The average molecular weight is 319 g/mol. The van der Waals surface area contributed by atoms with Gasteiger partial charge in [0.1, 0.15) is 12.4 Å². The smallest absolute Gasteiger partial charge is 0.325 e. The quantitative estimate of drug-likeness (QED) is 0.773. The minimum atomic E-state index is -0.203. The van der Waals surface area contributed by atoms with Crippen molar-refractivity contribution in [1.82, 2.24) is 0 Å². The van der Waals surface area contributed by atoms with Gasteiger partial charge in [0.2, 0.25) is 0 Å². The fraction of sp³-hybridized carbons (Fsp3) is 0.632. The fourth-order valence-electron chi connectivity index (χ4n) is 4.48. The van der Waals surface area contributed by atoms with Gasteiger partial charge in [0.05, 0.1) is 6.61 Å². The summed E-state index contributed by atoms with van der Waals surface area (Å²) in [6, 6.07) is 4.98. The molecule has 0 bridgehead atoms. The molecular formula is C19H26FNO2. The van der Waals surface area contributed by atoms with Gasteiger partial charge in [-0.25, -0.2) is 4.39 Å². The molecule has 0 radical (unpaired) electrons. The molecule has 1 atom stereocenters. The van der Waals surface area contributed by atoms with E-state index in [2.05, 4.69) is 11.8 Å². The number of esters is 1. The van der Waals surface area contributed by atoms with Crippen molar-refractivity contribution in [1.29, 1.82) is 0 Å². The van der Waals surface area contributed by atoms with Crippen LogP contribution in [-0.2, 0) is 9.53 Å². The second kappa shape index (κ2) is 6.50. The first-order chi connectivity index (χ1) is 11.1. The Morgan fingerprint density at radius 1 is 1.35 bits per heavy atom. The molecule has 1 aromatic rings. The molecule has 0 aromatic heterocycles. The zero-order valence-electron chi connectivity index (χ0n) is 14.1. The highest BCUT2D eigenvalue weighted by molar-refractivity contribution is 5.78. The largest absolute Gasteiger partial charge is 0.465 e. The van der Waals surface area contributed by atoms with Crippen LogP contribution in [0.5, 0.6) is 0 Å². The molecule has 23 heavy (non-hydrogen) atoms. The summed E-state index contributed by atoms with van der Waals surface area (Å²) in [6.07, 6.45) is 6.86. The second-order valence-electron chi connectivity index (χ2n) is 6.98. The Labute approximate surface area is 137 Å². The number of benzene rings is 1. The molecule has 126 valence electrons. The Morgan fingerprint density at radius 2 is 2.09 bits per heavy atom. The summed E-state index contributed by atoms with van der Waals surface area (Å²) in [7, 11) is 0. The molecule has 0 amide bonds. The van der Waals surface area contributed by atoms with Gasteiger partial charge in [-0.2, -0.15) is 0 Å². The van der Waals surface area contributed by atoms with Crippen molar-refractivity contribution in [2.75, 3.05) is 18.1 Å². The summed E-state index contributed by atoms with van der Waals surface area (Å²) >= 11 is 0. The van der Waals surface area contributed by atoms with Gasteiger partial charge in [-0.1, -0.05) is 26.2 Å². The third kappa shape index (κ3) is 3.08. The standard InChI is InChI=1S/C19H26FNO2/c1-3-23-18(22)13-21-17-8-7-15(20)11-16(17)14(2)12-19(21)9-5-4-6-10-19/h7-8,11,14H,3-6,9-10,12-13H2,1-2H3. The lowest BCUT2D eigenvalue weighted by atomic mass is 9.70. The number of nitrogens with zero attached hydrogens (tertiary/aromatic N) is 1. The van der Waals surface area contributed by atoms with E-state index in [0.717, 1.165) is 30.5 Å². The van der Waals surface area contributed by atoms with Gasteiger partial charge in [0, 0.05) is 11.2 Å². The molecular weight excluding hydrogens is 293 g/mol. The van der Waals surface area contributed by atoms with Crippen LogP contribution in [0, 0.1) is 5.82 Å². The van der Waals surface area contributed by atoms with Crippen LogP contribution in [0.15, 0.2) is 18.2 Å². The second-order valence-corrected chi connectivity index (χ2v) is 6.98. The lowest BCUT2D eigenvalue weighted by Crippen LogP contribution is -2.55. The molecule has 0 saturated heterocycles. The molecule has 3 nitrogen and oxygen atoms in total. The van der Waals surface area contributed by atoms with E-state index in [0.29, 0.717) is 12.5 Å². The van der Waals surface area contributed by atoms with Gasteiger partial charge in [-0.15, -0.1) is 0 Å². The molecule has 1 aliphatic carbocycles. The molecule has 1 unspecified atom stereocenters. The number of carbonyl (C=O) groups is 1. The highest BCUT2D eigenvalue weighted by Crippen LogP contribution is 2.49. The number of hydrogen-bond acceptors (Lipinski definition) is 3. The third-order valence-electron chi connectivity index (χ3n) is 5.45. The van der Waals surface area contributed by atoms with Crippen LogP contribution in [-0.4, -0.2) is 24.7 Å². The van der Waals surface area contributed by atoms with Crippen LogP contribution in [0.2, 0.25) is 0 Å². The monoisotopic (exact) mass is 319 g/mol. The molecule has 0 N–H and O–H groups in total. The Bertz CT molecular complexity index is 581. The van der Waals surface area contributed by atoms with Crippen molar-refractivity contribution >= 4 is 11.7 Å². The lowest BCUT2D eigenvalue weighted by molar-refractivity contribution is -0.141. The first-order valence-corrected chi connectivity index (χ1v) is 8.78. The summed E-state index contributed by atoms with van der Waals surface area (Å²) in [6.45, 7) is 4.66. The Kier molecular flexibility index (Phi) is 4.60. The maximum absolute atomic E-state index is 13.7. The van der Waals surface area contributed by atoms with Gasteiger partial charge in [0.15, 0.2) is 0 Å². The topological polar surface area (TPSA) is 29.5 Å². The Morgan fingerprint density at radius 3 is 2.78 bits per heavy atom. The van der Waals surface area contributed by atoms with Crippen LogP contribution < -0.4 is 4.90 Å². The van der Waals surface area contributed by atoms with E-state index in [-0.39, 0.29) is 23.9 Å². The molecule has 2 aliphatic rings. The van der Waals surface area contributed by atoms with Gasteiger partial charge in [-0.05, 0) is 55.9 Å². The summed E-state index contributed by atoms with van der Waals surface area (Å²) < 4.78 is 18.9. The number of rotatable bonds is 3. The van der Waals surface area contributed by atoms with Crippen LogP contribution in [0.25, 0.3) is 0 Å². The first-order valence-electron chi connectivity index (χ1n) is 8.78. The minimum Gasteiger partial charge on any atom is -0.465 e. The number of fused-ring (bicyclic) bond motifs is 1. The van der Waals surface area contributed by atoms with Gasteiger partial charge >= 0.3 is 5.97 Å². The highest BCUT2D eigenvalue weighted by atomic mass is 19.1. The van der Waals surface area contributed by atoms with Gasteiger partial charge < -0.3 is 9.64 Å². The van der Waals surface area contributed by atoms with Crippen molar-refractivity contribution in [2.45, 2.75) is 63.8 Å². The van der Waals surface area contributed by atoms with Crippen LogP contribution in [0.4, 0.5) is 10.1 Å². The molecule has 4 heteroatoms. The molecule has 1 fully saturated rings. The number of carbonyl (C=O) groups excluding carboxylic acids is 1. The van der Waals surface area contributed by atoms with Crippen molar-refractivity contribution in [3.63, 3.8) is 0 Å². The van der Waals surface area contributed by atoms with Gasteiger partial charge in [-0.3, -0.25) is 4.79 Å². The first kappa shape index (κ1) is 16.3. The SMILES string of the molecule is CCOC(=O)CN1c2ccc(F)cc2C(C)CC12CCCCC2. The zero-order valence-corrected chi connectivity index (χ0v) is 14.1. The molecule has 1 saturated carbocycles. The van der Waals surface area contributed by atoms with Crippen LogP contribution >= 0.6 is 0 Å². The Balaban J connectivity index is 2.00. The fourth-order valence-corrected chi connectivity index (χ4v) is 4.48. The highest BCUT2D eigenvalue weighted by Gasteiger charge is 2.44. The zero-order chi connectivity index (χ0) is 16.4. The van der Waals surface area contributed by atoms with Crippen molar-refractivity contribution < 1.29 is 13.9 Å². The summed E-state index contributed by atoms with van der Waals surface area (Å²) in [5.74, 6) is -0.0780. The molecule has 1 heterocycles. The molecule has 3 rings (SSSR count). The number of ether oxygens (including phenoxy) is 1. The normalized spacial score (nSPS) is 22.7. The summed E-state index contributed by atoms with van der Waals surface area (Å²) in [5.41, 5.74) is 2.06. The maximum Gasteiger partial charge on any atom is 0.325 e. The van der Waals surface area contributed by atoms with Crippen molar-refractivity contribution in [3.8, 4) is 0 Å². The predicted octanol–water partition coefficient (Wildman–Crippen LogP) is 4.41. The van der Waals surface area contributed by atoms with Gasteiger partial charge in [0.25, 0.3) is 0 Å². The summed E-state index contributed by atoms with van der Waals surface area (Å²) in [4.78, 5) is 14.4. The van der Waals surface area contributed by atoms with Crippen LogP contribution in [0.3, 0.4) is 0 Å². The van der Waals surface area contributed by atoms with E-state index < -0.39 is 0 Å². The molecule has 1 spiro atoms. The van der Waals surface area contributed by atoms with E-state index in [4.69, 9.17) is 4.74 Å². The number of anilines is 1. The van der Waals surface area contributed by atoms with Crippen molar-refractivity contribution in [3.05, 3.63) is 29.6 Å². The average Bonchev–Trinajstić information content (AvgIpc) is 2.53. The van der Waals surface area contributed by atoms with E-state index in [1.165, 1.54) is 25.3 Å². The minimum absolute atomic E-state index is 0.0231. The number of hydrogen-bond donors (Lipinski definition) is 0. The van der Waals surface area contributed by atoms with E-state index in [1.807, 2.05) is 13.0 Å². The lowest BCUT2D eigenvalue weighted by Gasteiger charge is -2.53. The molecule has 1 aliphatic heterocycles. The van der Waals surface area contributed by atoms with Crippen molar-refractivity contribution in [2.24, 2.45) is 0 Å². The maximum atomic E-state index is 13.7. The van der Waals surface area contributed by atoms with Crippen LogP contribution in [0.1, 0.15) is 63.9 Å². The third-order valence-corrected chi connectivity index (χ3v) is 5.45. The van der Waals surface area contributed by atoms with E-state index >= 15 is 0 Å². The summed E-state index contributed by atoms with van der Waals surface area (Å²) in [5, 5.41) is 0. The van der Waals surface area contributed by atoms with E-state index in [1.54, 1.807) is 6.07 Å². The van der Waals surface area contributed by atoms with E-state index in [9.17, 15) is 9.18 Å².